The molecule has 0 unspecified atom stereocenters. The number of halogens is 1. The SMILES string of the molecule is Cc1c(Br)cccc1NC(=O)C1(CN)CCOCC1. The second-order valence-corrected chi connectivity index (χ2v) is 5.82. The summed E-state index contributed by atoms with van der Waals surface area (Å²) >= 11 is 3.47. The first-order valence-corrected chi connectivity index (χ1v) is 7.23. The number of hydrogen-bond donors (Lipinski definition) is 2. The Morgan fingerprint density at radius 3 is 2.79 bits per heavy atom. The summed E-state index contributed by atoms with van der Waals surface area (Å²) in [6, 6.07) is 5.77. The molecule has 1 aliphatic rings. The van der Waals surface area contributed by atoms with E-state index in [1.54, 1.807) is 0 Å². The summed E-state index contributed by atoms with van der Waals surface area (Å²) in [4.78, 5) is 12.5. The highest BCUT2D eigenvalue weighted by Crippen LogP contribution is 2.32. The van der Waals surface area contributed by atoms with E-state index in [1.165, 1.54) is 0 Å². The van der Waals surface area contributed by atoms with Gasteiger partial charge in [0.05, 0.1) is 5.41 Å². The molecule has 0 spiro atoms. The van der Waals surface area contributed by atoms with Crippen molar-refractivity contribution < 1.29 is 9.53 Å². The van der Waals surface area contributed by atoms with Crippen molar-refractivity contribution >= 4 is 27.5 Å². The molecule has 1 heterocycles. The second kappa shape index (κ2) is 6.03. The van der Waals surface area contributed by atoms with Crippen LogP contribution < -0.4 is 11.1 Å². The maximum Gasteiger partial charge on any atom is 0.232 e. The van der Waals surface area contributed by atoms with E-state index in [0.717, 1.165) is 15.7 Å². The Morgan fingerprint density at radius 2 is 2.16 bits per heavy atom. The minimum Gasteiger partial charge on any atom is -0.381 e. The van der Waals surface area contributed by atoms with Crippen LogP contribution >= 0.6 is 15.9 Å². The number of nitrogens with one attached hydrogen (secondary N) is 1. The summed E-state index contributed by atoms with van der Waals surface area (Å²) in [5, 5.41) is 3.01. The van der Waals surface area contributed by atoms with Gasteiger partial charge in [0.25, 0.3) is 0 Å². The molecule has 1 amide bonds. The fourth-order valence-electron chi connectivity index (χ4n) is 2.28. The number of ether oxygens (including phenoxy) is 1. The molecular formula is C14H19BrN2O2. The molecule has 1 aromatic rings. The van der Waals surface area contributed by atoms with Crippen LogP contribution in [0.15, 0.2) is 22.7 Å². The van der Waals surface area contributed by atoms with Crippen molar-refractivity contribution in [2.24, 2.45) is 11.1 Å². The van der Waals surface area contributed by atoms with Gasteiger partial charge in [-0.25, -0.2) is 0 Å². The summed E-state index contributed by atoms with van der Waals surface area (Å²) in [7, 11) is 0. The van der Waals surface area contributed by atoms with Gasteiger partial charge in [-0.3, -0.25) is 4.79 Å². The van der Waals surface area contributed by atoms with Gasteiger partial charge in [-0.1, -0.05) is 22.0 Å². The Morgan fingerprint density at radius 1 is 1.47 bits per heavy atom. The number of nitrogens with two attached hydrogens (primary N) is 1. The molecule has 0 bridgehead atoms. The molecule has 3 N–H and O–H groups in total. The molecule has 19 heavy (non-hydrogen) atoms. The van der Waals surface area contributed by atoms with Gasteiger partial charge in [-0.2, -0.15) is 0 Å². The van der Waals surface area contributed by atoms with Gasteiger partial charge < -0.3 is 15.8 Å². The molecule has 0 radical (unpaired) electrons. The van der Waals surface area contributed by atoms with Gasteiger partial charge in [-0.05, 0) is 37.5 Å². The third-order valence-electron chi connectivity index (χ3n) is 3.84. The first-order chi connectivity index (χ1) is 9.09. The average molecular weight is 327 g/mol. The van der Waals surface area contributed by atoms with Crippen LogP contribution in [0.25, 0.3) is 0 Å². The van der Waals surface area contributed by atoms with Crippen LogP contribution in [0.4, 0.5) is 5.69 Å². The van der Waals surface area contributed by atoms with Crippen LogP contribution in [0.3, 0.4) is 0 Å². The van der Waals surface area contributed by atoms with Gasteiger partial charge in [0.15, 0.2) is 0 Å². The predicted molar refractivity (Wildman–Crippen MR) is 79.0 cm³/mol. The Kier molecular flexibility index (Phi) is 4.60. The van der Waals surface area contributed by atoms with Crippen LogP contribution in [0.2, 0.25) is 0 Å². The topological polar surface area (TPSA) is 64.4 Å². The lowest BCUT2D eigenvalue weighted by molar-refractivity contribution is -0.130. The number of carbonyl (C=O) groups is 1. The Hall–Kier alpha value is -0.910. The Balaban J connectivity index is 2.17. The standard InChI is InChI=1S/C14H19BrN2O2/c1-10-11(15)3-2-4-12(10)17-13(18)14(9-16)5-7-19-8-6-14/h2-4H,5-9,16H2,1H3,(H,17,18). The molecule has 0 aromatic heterocycles. The number of benzene rings is 1. The lowest BCUT2D eigenvalue weighted by Gasteiger charge is -2.34. The number of rotatable bonds is 3. The highest BCUT2D eigenvalue weighted by atomic mass is 79.9. The summed E-state index contributed by atoms with van der Waals surface area (Å²) in [6.45, 7) is 3.53. The monoisotopic (exact) mass is 326 g/mol. The van der Waals surface area contributed by atoms with E-state index in [2.05, 4.69) is 21.2 Å². The van der Waals surface area contributed by atoms with Gasteiger partial charge in [-0.15, -0.1) is 0 Å². The van der Waals surface area contributed by atoms with E-state index in [1.807, 2.05) is 25.1 Å². The molecule has 104 valence electrons. The molecule has 0 saturated carbocycles. The average Bonchev–Trinajstić information content (AvgIpc) is 2.44. The largest absolute Gasteiger partial charge is 0.381 e. The fraction of sp³-hybridized carbons (Fsp3) is 0.500. The van der Waals surface area contributed by atoms with Crippen LogP contribution in [0.1, 0.15) is 18.4 Å². The van der Waals surface area contributed by atoms with Crippen LogP contribution in [-0.4, -0.2) is 25.7 Å². The minimum atomic E-state index is -0.493. The number of carbonyl (C=O) groups excluding carboxylic acids is 1. The maximum absolute atomic E-state index is 12.5. The molecule has 4 nitrogen and oxygen atoms in total. The van der Waals surface area contributed by atoms with Crippen molar-refractivity contribution in [1.82, 2.24) is 0 Å². The smallest absolute Gasteiger partial charge is 0.232 e. The minimum absolute atomic E-state index is 0.000463. The van der Waals surface area contributed by atoms with Crippen molar-refractivity contribution in [2.75, 3.05) is 25.1 Å². The van der Waals surface area contributed by atoms with Crippen molar-refractivity contribution in [3.8, 4) is 0 Å². The first-order valence-electron chi connectivity index (χ1n) is 6.43. The fourth-order valence-corrected chi connectivity index (χ4v) is 2.65. The van der Waals surface area contributed by atoms with Crippen LogP contribution in [0.5, 0.6) is 0 Å². The predicted octanol–water partition coefficient (Wildman–Crippen LogP) is 2.45. The van der Waals surface area contributed by atoms with E-state index in [-0.39, 0.29) is 5.91 Å². The first kappa shape index (κ1) is 14.5. The lowest BCUT2D eigenvalue weighted by atomic mass is 9.79. The van der Waals surface area contributed by atoms with Gasteiger partial charge >= 0.3 is 0 Å². The third-order valence-corrected chi connectivity index (χ3v) is 4.70. The zero-order chi connectivity index (χ0) is 13.9. The zero-order valence-electron chi connectivity index (χ0n) is 11.0. The quantitative estimate of drug-likeness (QED) is 0.896. The van der Waals surface area contributed by atoms with Gasteiger partial charge in [0.1, 0.15) is 0 Å². The lowest BCUT2D eigenvalue weighted by Crippen LogP contribution is -2.46. The van der Waals surface area contributed by atoms with E-state index >= 15 is 0 Å². The number of amides is 1. The van der Waals surface area contributed by atoms with Gasteiger partial charge in [0, 0.05) is 29.9 Å². The Bertz CT molecular complexity index is 471. The summed E-state index contributed by atoms with van der Waals surface area (Å²) in [5.41, 5.74) is 7.20. The van der Waals surface area contributed by atoms with Crippen LogP contribution in [0, 0.1) is 12.3 Å². The Labute approximate surface area is 121 Å². The summed E-state index contributed by atoms with van der Waals surface area (Å²) in [5.74, 6) is -0.000463. The highest BCUT2D eigenvalue weighted by molar-refractivity contribution is 9.10. The number of hydrogen-bond acceptors (Lipinski definition) is 3. The van der Waals surface area contributed by atoms with E-state index in [0.29, 0.717) is 32.6 Å². The molecule has 1 fully saturated rings. The maximum atomic E-state index is 12.5. The molecule has 2 rings (SSSR count). The van der Waals surface area contributed by atoms with Crippen LogP contribution in [-0.2, 0) is 9.53 Å². The molecule has 0 aliphatic carbocycles. The summed E-state index contributed by atoms with van der Waals surface area (Å²) in [6.07, 6.45) is 1.37. The van der Waals surface area contributed by atoms with Crippen molar-refractivity contribution in [3.05, 3.63) is 28.2 Å². The molecule has 1 aliphatic heterocycles. The zero-order valence-corrected chi connectivity index (χ0v) is 12.6. The summed E-state index contributed by atoms with van der Waals surface area (Å²) < 4.78 is 6.31. The van der Waals surface area contributed by atoms with Crippen molar-refractivity contribution in [2.45, 2.75) is 19.8 Å². The molecule has 0 atom stereocenters. The highest BCUT2D eigenvalue weighted by Gasteiger charge is 2.38. The molecule has 1 saturated heterocycles. The van der Waals surface area contributed by atoms with E-state index in [9.17, 15) is 4.79 Å². The van der Waals surface area contributed by atoms with E-state index < -0.39 is 5.41 Å². The molecular weight excluding hydrogens is 308 g/mol. The molecule has 1 aromatic carbocycles. The van der Waals surface area contributed by atoms with E-state index in [4.69, 9.17) is 10.5 Å². The molecule has 5 heteroatoms. The van der Waals surface area contributed by atoms with Crippen molar-refractivity contribution in [3.63, 3.8) is 0 Å². The second-order valence-electron chi connectivity index (χ2n) is 4.96. The van der Waals surface area contributed by atoms with Crippen molar-refractivity contribution in [1.29, 1.82) is 0 Å². The van der Waals surface area contributed by atoms with Gasteiger partial charge in [0.2, 0.25) is 5.91 Å². The number of anilines is 1. The third kappa shape index (κ3) is 2.99. The normalized spacial score (nSPS) is 18.1.